The number of sulfone groups is 1. The van der Waals surface area contributed by atoms with Crippen LogP contribution in [-0.4, -0.2) is 59.6 Å². The van der Waals surface area contributed by atoms with Crippen LogP contribution in [0.3, 0.4) is 0 Å². The van der Waals surface area contributed by atoms with Gasteiger partial charge in [-0.2, -0.15) is 0 Å². The number of amides is 1. The lowest BCUT2D eigenvalue weighted by molar-refractivity contribution is 0.0371. The molecule has 1 unspecified atom stereocenters. The van der Waals surface area contributed by atoms with Crippen molar-refractivity contribution in [2.45, 2.75) is 13.2 Å². The summed E-state index contributed by atoms with van der Waals surface area (Å²) in [4.78, 5) is 31.3. The lowest BCUT2D eigenvalue weighted by Crippen LogP contribution is -2.35. The first-order valence-corrected chi connectivity index (χ1v) is 17.3. The van der Waals surface area contributed by atoms with E-state index < -0.39 is 31.8 Å². The smallest absolute Gasteiger partial charge is 0.412 e. The summed E-state index contributed by atoms with van der Waals surface area (Å²) < 4.78 is 58.4. The van der Waals surface area contributed by atoms with Crippen LogP contribution in [-0.2, 0) is 32.2 Å². The number of halogens is 2. The number of benzene rings is 3. The molecular weight excluding hydrogens is 674 g/mol. The van der Waals surface area contributed by atoms with Gasteiger partial charge in [-0.05, 0) is 66.2 Å². The predicted octanol–water partition coefficient (Wildman–Crippen LogP) is 6.46. The number of carbonyl (C=O) groups is 1. The van der Waals surface area contributed by atoms with Gasteiger partial charge in [0.25, 0.3) is 0 Å². The van der Waals surface area contributed by atoms with E-state index in [1.165, 1.54) is 23.4 Å². The third-order valence-electron chi connectivity index (χ3n) is 6.70. The van der Waals surface area contributed by atoms with Crippen molar-refractivity contribution >= 4 is 59.0 Å². The zero-order valence-electron chi connectivity index (χ0n) is 24.9. The van der Waals surface area contributed by atoms with Gasteiger partial charge in [0.1, 0.15) is 51.7 Å². The van der Waals surface area contributed by atoms with E-state index in [4.69, 9.17) is 30.4 Å². The first-order chi connectivity index (χ1) is 22.6. The average molecular weight is 703 g/mol. The van der Waals surface area contributed by atoms with Gasteiger partial charge >= 0.3 is 6.09 Å². The molecule has 0 saturated heterocycles. The third kappa shape index (κ3) is 9.60. The number of ether oxygens (including phenoxy) is 2. The van der Waals surface area contributed by atoms with Crippen LogP contribution in [0.1, 0.15) is 11.3 Å². The number of fused-ring (bicyclic) bond motifs is 1. The Balaban J connectivity index is 1.31. The molecule has 1 atom stereocenters. The molecule has 5 aromatic rings. The van der Waals surface area contributed by atoms with Crippen LogP contribution in [0.2, 0.25) is 5.02 Å². The maximum atomic E-state index is 13.5. The Morgan fingerprint density at radius 1 is 1.11 bits per heavy atom. The molecule has 16 heteroatoms. The normalized spacial score (nSPS) is 11.7. The lowest BCUT2D eigenvalue weighted by Gasteiger charge is -2.20. The Kier molecular flexibility index (Phi) is 11.2. The quantitative estimate of drug-likeness (QED) is 0.0744. The average Bonchev–Trinajstić information content (AvgIpc) is 3.51. The van der Waals surface area contributed by atoms with Crippen LogP contribution in [0, 0.1) is 5.82 Å². The molecule has 2 N–H and O–H groups in total. The van der Waals surface area contributed by atoms with Crippen LogP contribution in [0.5, 0.6) is 5.75 Å². The molecule has 2 heterocycles. The van der Waals surface area contributed by atoms with Crippen LogP contribution >= 0.6 is 20.6 Å². The third-order valence-corrected chi connectivity index (χ3v) is 8.17. The van der Waals surface area contributed by atoms with Crippen molar-refractivity contribution in [3.05, 3.63) is 101 Å². The second kappa shape index (κ2) is 15.5. The number of aromatic nitrogens is 2. The van der Waals surface area contributed by atoms with Crippen LogP contribution in [0.25, 0.3) is 22.2 Å². The van der Waals surface area contributed by atoms with E-state index in [0.29, 0.717) is 55.8 Å². The van der Waals surface area contributed by atoms with E-state index in [9.17, 15) is 17.6 Å². The number of carbonyl (C=O) groups excluding carboxylic acids is 1. The van der Waals surface area contributed by atoms with Gasteiger partial charge in [-0.15, -0.1) is 0 Å². The SMILES string of the molecule is CS(=O)(=O)CCN(Cc1ccc(-c2ccc3ncnc(Nc4ccc(OCc5cccc(F)c5)c(Cl)c4)c3c2)o1)C(=O)OCOPO. The molecule has 12 nitrogen and oxygen atoms in total. The van der Waals surface area contributed by atoms with Gasteiger partial charge < -0.3 is 24.1 Å². The molecule has 3 aromatic carbocycles. The number of anilines is 2. The Hall–Kier alpha value is -4.33. The number of nitrogens with zero attached hydrogens (tertiary/aromatic N) is 3. The summed E-state index contributed by atoms with van der Waals surface area (Å²) in [7, 11) is -4.23. The first kappa shape index (κ1) is 34.0. The fraction of sp³-hybridized carbons (Fsp3) is 0.194. The largest absolute Gasteiger partial charge is 0.487 e. The summed E-state index contributed by atoms with van der Waals surface area (Å²) >= 11 is 6.49. The predicted molar refractivity (Wildman–Crippen MR) is 176 cm³/mol. The zero-order chi connectivity index (χ0) is 33.4. The minimum absolute atomic E-state index is 0.0675. The minimum atomic E-state index is -3.37. The number of hydrogen-bond donors (Lipinski definition) is 2. The molecule has 0 aliphatic carbocycles. The Morgan fingerprint density at radius 2 is 1.96 bits per heavy atom. The molecule has 0 saturated carbocycles. The van der Waals surface area contributed by atoms with Crippen LogP contribution in [0.4, 0.5) is 20.7 Å². The maximum Gasteiger partial charge on any atom is 0.412 e. The van der Waals surface area contributed by atoms with Gasteiger partial charge in [-0.3, -0.25) is 9.42 Å². The molecule has 0 aliphatic rings. The topological polar surface area (TPSA) is 153 Å². The number of nitrogens with one attached hydrogen (secondary N) is 1. The molecule has 5 rings (SSSR count). The van der Waals surface area contributed by atoms with E-state index in [1.807, 2.05) is 18.2 Å². The van der Waals surface area contributed by atoms with Crippen molar-refractivity contribution in [2.75, 3.05) is 30.7 Å². The van der Waals surface area contributed by atoms with Gasteiger partial charge in [-0.25, -0.2) is 27.6 Å². The Morgan fingerprint density at radius 3 is 2.72 bits per heavy atom. The van der Waals surface area contributed by atoms with Gasteiger partial charge in [0.2, 0.25) is 0 Å². The highest BCUT2D eigenvalue weighted by atomic mass is 35.5. The van der Waals surface area contributed by atoms with E-state index in [0.717, 1.165) is 6.26 Å². The number of rotatable bonds is 14. The fourth-order valence-electron chi connectivity index (χ4n) is 4.44. The van der Waals surface area contributed by atoms with Crippen molar-refractivity contribution < 1.29 is 40.9 Å². The Labute approximate surface area is 276 Å². The van der Waals surface area contributed by atoms with Crippen molar-refractivity contribution in [3.8, 4) is 17.1 Å². The molecular formula is C31H29ClFN4O8PS. The van der Waals surface area contributed by atoms with Crippen molar-refractivity contribution in [2.24, 2.45) is 0 Å². The lowest BCUT2D eigenvalue weighted by atomic mass is 10.1. The van der Waals surface area contributed by atoms with Gasteiger partial charge in [0.05, 0.1) is 22.8 Å². The first-order valence-electron chi connectivity index (χ1n) is 14.0. The summed E-state index contributed by atoms with van der Waals surface area (Å²) in [6, 6.07) is 20.2. The second-order valence-electron chi connectivity index (χ2n) is 10.2. The molecule has 0 bridgehead atoms. The molecule has 1 amide bonds. The van der Waals surface area contributed by atoms with E-state index >= 15 is 0 Å². The monoisotopic (exact) mass is 702 g/mol. The fourth-order valence-corrected chi connectivity index (χ4v) is 5.34. The van der Waals surface area contributed by atoms with Gasteiger partial charge in [-0.1, -0.05) is 23.7 Å². The number of hydrogen-bond acceptors (Lipinski definition) is 11. The molecule has 0 radical (unpaired) electrons. The highest BCUT2D eigenvalue weighted by Gasteiger charge is 2.20. The second-order valence-corrected chi connectivity index (χ2v) is 13.4. The van der Waals surface area contributed by atoms with Crippen LogP contribution < -0.4 is 10.1 Å². The molecule has 0 fully saturated rings. The highest BCUT2D eigenvalue weighted by Crippen LogP contribution is 2.33. The van der Waals surface area contributed by atoms with Crippen molar-refractivity contribution in [3.63, 3.8) is 0 Å². The summed E-state index contributed by atoms with van der Waals surface area (Å²) in [6.07, 6.45) is 1.68. The van der Waals surface area contributed by atoms with E-state index in [2.05, 4.69) is 19.8 Å². The van der Waals surface area contributed by atoms with Crippen LogP contribution in [0.15, 0.2) is 83.5 Å². The summed E-state index contributed by atoms with van der Waals surface area (Å²) in [6.45, 7) is -0.535. The maximum absolute atomic E-state index is 13.5. The minimum Gasteiger partial charge on any atom is -0.487 e. The molecule has 0 spiro atoms. The summed E-state index contributed by atoms with van der Waals surface area (Å²) in [5.41, 5.74) is 2.68. The van der Waals surface area contributed by atoms with Gasteiger partial charge in [0.15, 0.2) is 15.8 Å². The molecule has 246 valence electrons. The summed E-state index contributed by atoms with van der Waals surface area (Å²) in [5, 5.41) is 4.30. The van der Waals surface area contributed by atoms with Gasteiger partial charge in [0, 0.05) is 29.4 Å². The molecule has 2 aromatic heterocycles. The highest BCUT2D eigenvalue weighted by molar-refractivity contribution is 7.90. The molecule has 0 aliphatic heterocycles. The van der Waals surface area contributed by atoms with E-state index in [-0.39, 0.29) is 31.3 Å². The number of furan rings is 1. The zero-order valence-corrected chi connectivity index (χ0v) is 27.4. The Bertz CT molecular complexity index is 1980. The molecule has 47 heavy (non-hydrogen) atoms. The van der Waals surface area contributed by atoms with E-state index in [1.54, 1.807) is 42.5 Å². The van der Waals surface area contributed by atoms with Crippen molar-refractivity contribution in [1.82, 2.24) is 14.9 Å². The summed E-state index contributed by atoms with van der Waals surface area (Å²) in [5.74, 6) is 1.19. The van der Waals surface area contributed by atoms with Crippen molar-refractivity contribution in [1.29, 1.82) is 0 Å². The standard InChI is InChI=1S/C31H29ClFN4O8PS/c1-47(40,41)12-11-37(31(38)43-19-44-46-39)16-24-7-10-28(45-24)21-5-8-27-25(14-21)30(35-18-34-27)36-23-6-9-29(26(32)15-23)42-17-20-3-2-4-22(33)13-20/h2-10,13-15,18,39,46H,11-12,16-17,19H2,1H3,(H,34,35,36).